The molecule has 2 aromatic heterocycles. The van der Waals surface area contributed by atoms with Gasteiger partial charge in [0.2, 0.25) is 0 Å². The summed E-state index contributed by atoms with van der Waals surface area (Å²) in [5, 5.41) is 7.37. The van der Waals surface area contributed by atoms with Crippen LogP contribution in [-0.2, 0) is 6.54 Å². The van der Waals surface area contributed by atoms with Crippen LogP contribution in [0.5, 0.6) is 0 Å². The van der Waals surface area contributed by atoms with Gasteiger partial charge in [-0.05, 0) is 38.3 Å². The zero-order valence-corrected chi connectivity index (χ0v) is 15.1. The number of carbonyl (C=O) groups is 1. The van der Waals surface area contributed by atoms with Crippen LogP contribution in [0.25, 0.3) is 0 Å². The fourth-order valence-electron chi connectivity index (χ4n) is 3.57. The second kappa shape index (κ2) is 6.78. The van der Waals surface area contributed by atoms with E-state index >= 15 is 0 Å². The SMILES string of the molecule is Cc1cc(C(=O)N[C@H](Cn2cncn2)c2ccccc2)c(C)n1C1CC1. The Bertz CT molecular complexity index is 894. The number of aromatic nitrogens is 4. The van der Waals surface area contributed by atoms with Crippen molar-refractivity contribution in [1.82, 2.24) is 24.6 Å². The Labute approximate surface area is 152 Å². The lowest BCUT2D eigenvalue weighted by Crippen LogP contribution is -2.32. The molecule has 26 heavy (non-hydrogen) atoms. The average Bonchev–Trinajstić information content (AvgIpc) is 3.24. The van der Waals surface area contributed by atoms with Gasteiger partial charge < -0.3 is 9.88 Å². The number of carbonyl (C=O) groups excluding carboxylic acids is 1. The van der Waals surface area contributed by atoms with Gasteiger partial charge in [0.1, 0.15) is 12.7 Å². The van der Waals surface area contributed by atoms with Crippen LogP contribution in [0.2, 0.25) is 0 Å². The smallest absolute Gasteiger partial charge is 0.253 e. The largest absolute Gasteiger partial charge is 0.345 e. The quantitative estimate of drug-likeness (QED) is 0.743. The number of hydrogen-bond donors (Lipinski definition) is 1. The summed E-state index contributed by atoms with van der Waals surface area (Å²) < 4.78 is 4.04. The van der Waals surface area contributed by atoms with E-state index in [0.717, 1.165) is 22.5 Å². The zero-order chi connectivity index (χ0) is 18.1. The molecule has 1 aliphatic carbocycles. The molecule has 0 bridgehead atoms. The van der Waals surface area contributed by atoms with E-state index in [-0.39, 0.29) is 11.9 Å². The van der Waals surface area contributed by atoms with Gasteiger partial charge in [0.25, 0.3) is 5.91 Å². The summed E-state index contributed by atoms with van der Waals surface area (Å²) in [6.45, 7) is 4.65. The van der Waals surface area contributed by atoms with Crippen molar-refractivity contribution in [2.75, 3.05) is 0 Å². The van der Waals surface area contributed by atoms with Crippen molar-refractivity contribution in [2.24, 2.45) is 0 Å². The molecule has 0 unspecified atom stereocenters. The molecule has 1 fully saturated rings. The minimum absolute atomic E-state index is 0.0426. The molecule has 134 valence electrons. The van der Waals surface area contributed by atoms with Crippen molar-refractivity contribution in [3.05, 3.63) is 71.6 Å². The Morgan fingerprint density at radius 2 is 2.04 bits per heavy atom. The fraction of sp³-hybridized carbons (Fsp3) is 0.350. The summed E-state index contributed by atoms with van der Waals surface area (Å²) in [5.41, 5.74) is 4.01. The molecule has 1 aromatic carbocycles. The Morgan fingerprint density at radius 3 is 2.69 bits per heavy atom. The Balaban J connectivity index is 1.59. The van der Waals surface area contributed by atoms with Gasteiger partial charge in [-0.25, -0.2) is 4.98 Å². The van der Waals surface area contributed by atoms with Crippen molar-refractivity contribution < 1.29 is 4.79 Å². The molecule has 2 heterocycles. The molecule has 6 nitrogen and oxygen atoms in total. The second-order valence-corrected chi connectivity index (χ2v) is 6.94. The van der Waals surface area contributed by atoms with Gasteiger partial charge in [-0.1, -0.05) is 30.3 Å². The maximum atomic E-state index is 13.0. The van der Waals surface area contributed by atoms with Crippen LogP contribution in [0.1, 0.15) is 52.2 Å². The molecule has 3 aromatic rings. The van der Waals surface area contributed by atoms with E-state index in [9.17, 15) is 4.79 Å². The van der Waals surface area contributed by atoms with Crippen LogP contribution >= 0.6 is 0 Å². The first-order valence-corrected chi connectivity index (χ1v) is 9.00. The molecular formula is C20H23N5O. The topological polar surface area (TPSA) is 64.7 Å². The number of rotatable bonds is 6. The summed E-state index contributed by atoms with van der Waals surface area (Å²) >= 11 is 0. The molecule has 1 saturated carbocycles. The van der Waals surface area contributed by atoms with E-state index in [0.29, 0.717) is 12.6 Å². The number of benzene rings is 1. The zero-order valence-electron chi connectivity index (χ0n) is 15.1. The molecule has 0 saturated heterocycles. The summed E-state index contributed by atoms with van der Waals surface area (Å²) in [6, 6.07) is 12.4. The summed E-state index contributed by atoms with van der Waals surface area (Å²) in [6.07, 6.45) is 5.58. The van der Waals surface area contributed by atoms with E-state index in [4.69, 9.17) is 0 Å². The molecular weight excluding hydrogens is 326 g/mol. The lowest BCUT2D eigenvalue weighted by molar-refractivity contribution is 0.0931. The predicted molar refractivity (Wildman–Crippen MR) is 98.8 cm³/mol. The normalized spacial score (nSPS) is 15.0. The Morgan fingerprint density at radius 1 is 1.27 bits per heavy atom. The van der Waals surface area contributed by atoms with Gasteiger partial charge in [0.15, 0.2) is 0 Å². The lowest BCUT2D eigenvalue weighted by Gasteiger charge is -2.19. The molecule has 1 amide bonds. The van der Waals surface area contributed by atoms with Gasteiger partial charge >= 0.3 is 0 Å². The standard InChI is InChI=1S/C20H23N5O/c1-14-10-18(15(2)25(14)17-8-9-17)20(26)23-19(11-24-13-21-12-22-24)16-6-4-3-5-7-16/h3-7,10,12-13,17,19H,8-9,11H2,1-2H3,(H,23,26)/t19-/m1/s1. The highest BCUT2D eigenvalue weighted by atomic mass is 16.1. The van der Waals surface area contributed by atoms with Crippen LogP contribution < -0.4 is 5.32 Å². The third-order valence-electron chi connectivity index (χ3n) is 4.98. The maximum Gasteiger partial charge on any atom is 0.253 e. The highest BCUT2D eigenvalue weighted by Gasteiger charge is 2.29. The first-order chi connectivity index (χ1) is 12.6. The number of aryl methyl sites for hydroxylation is 1. The second-order valence-electron chi connectivity index (χ2n) is 6.94. The van der Waals surface area contributed by atoms with E-state index < -0.39 is 0 Å². The van der Waals surface area contributed by atoms with Crippen molar-refractivity contribution in [3.63, 3.8) is 0 Å². The molecule has 1 atom stereocenters. The minimum atomic E-state index is -0.172. The van der Waals surface area contributed by atoms with Crippen molar-refractivity contribution in [3.8, 4) is 0 Å². The van der Waals surface area contributed by atoms with E-state index in [1.807, 2.05) is 43.3 Å². The number of nitrogens with zero attached hydrogens (tertiary/aromatic N) is 4. The summed E-state index contributed by atoms with van der Waals surface area (Å²) in [4.78, 5) is 17.0. The average molecular weight is 349 g/mol. The highest BCUT2D eigenvalue weighted by molar-refractivity contribution is 5.96. The molecule has 0 spiro atoms. The van der Waals surface area contributed by atoms with Crippen LogP contribution in [-0.4, -0.2) is 25.2 Å². The van der Waals surface area contributed by atoms with Crippen LogP contribution in [0.3, 0.4) is 0 Å². The molecule has 6 heteroatoms. The Kier molecular flexibility index (Phi) is 4.32. The first-order valence-electron chi connectivity index (χ1n) is 9.00. The van der Waals surface area contributed by atoms with Gasteiger partial charge in [-0.3, -0.25) is 9.48 Å². The van der Waals surface area contributed by atoms with Crippen LogP contribution in [0, 0.1) is 13.8 Å². The number of hydrogen-bond acceptors (Lipinski definition) is 3. The third kappa shape index (κ3) is 3.27. The van der Waals surface area contributed by atoms with Gasteiger partial charge in [-0.2, -0.15) is 5.10 Å². The number of amides is 1. The molecule has 1 aliphatic rings. The molecule has 0 aliphatic heterocycles. The van der Waals surface area contributed by atoms with Crippen LogP contribution in [0.15, 0.2) is 49.1 Å². The van der Waals surface area contributed by atoms with E-state index in [2.05, 4.69) is 26.9 Å². The molecule has 4 rings (SSSR count). The van der Waals surface area contributed by atoms with E-state index in [1.165, 1.54) is 19.2 Å². The molecule has 1 N–H and O–H groups in total. The number of nitrogens with one attached hydrogen (secondary N) is 1. The first kappa shape index (κ1) is 16.6. The van der Waals surface area contributed by atoms with Crippen molar-refractivity contribution >= 4 is 5.91 Å². The van der Waals surface area contributed by atoms with Gasteiger partial charge in [-0.15, -0.1) is 0 Å². The minimum Gasteiger partial charge on any atom is -0.345 e. The fourth-order valence-corrected chi connectivity index (χ4v) is 3.57. The summed E-state index contributed by atoms with van der Waals surface area (Å²) in [5.74, 6) is -0.0426. The van der Waals surface area contributed by atoms with Crippen LogP contribution in [0.4, 0.5) is 0 Å². The van der Waals surface area contributed by atoms with Gasteiger partial charge in [0, 0.05) is 17.4 Å². The highest BCUT2D eigenvalue weighted by Crippen LogP contribution is 2.38. The van der Waals surface area contributed by atoms with Crippen molar-refractivity contribution in [1.29, 1.82) is 0 Å². The third-order valence-corrected chi connectivity index (χ3v) is 4.98. The van der Waals surface area contributed by atoms with Crippen molar-refractivity contribution in [2.45, 2.75) is 45.3 Å². The summed E-state index contributed by atoms with van der Waals surface area (Å²) in [7, 11) is 0. The van der Waals surface area contributed by atoms with E-state index in [1.54, 1.807) is 11.0 Å². The molecule has 0 radical (unpaired) electrons. The Hall–Kier alpha value is -2.89. The monoisotopic (exact) mass is 349 g/mol. The predicted octanol–water partition coefficient (Wildman–Crippen LogP) is 3.20. The lowest BCUT2D eigenvalue weighted by atomic mass is 10.1. The maximum absolute atomic E-state index is 13.0. The van der Waals surface area contributed by atoms with Gasteiger partial charge in [0.05, 0.1) is 18.2 Å².